The molecule has 2 N–H and O–H groups in total. The van der Waals surface area contributed by atoms with E-state index >= 15 is 0 Å². The van der Waals surface area contributed by atoms with Gasteiger partial charge in [-0.1, -0.05) is 24.3 Å². The van der Waals surface area contributed by atoms with Gasteiger partial charge in [0.25, 0.3) is 0 Å². The van der Waals surface area contributed by atoms with E-state index in [0.717, 1.165) is 23.3 Å². The largest absolute Gasteiger partial charge is 0.454 e. The first-order valence-corrected chi connectivity index (χ1v) is 12.1. The lowest BCUT2D eigenvalue weighted by molar-refractivity contribution is -0.137. The fourth-order valence-corrected chi connectivity index (χ4v) is 4.18. The van der Waals surface area contributed by atoms with Crippen molar-refractivity contribution < 1.29 is 22.6 Å². The van der Waals surface area contributed by atoms with Gasteiger partial charge in [0.2, 0.25) is 12.7 Å². The third-order valence-electron chi connectivity index (χ3n) is 6.17. The molecule has 12 heteroatoms. The Morgan fingerprint density at radius 1 is 0.872 bits per heavy atom. The highest BCUT2D eigenvalue weighted by atomic mass is 19.4. The number of nitrogens with zero attached hydrogens (tertiary/aromatic N) is 5. The molecule has 3 aromatic heterocycles. The average Bonchev–Trinajstić information content (AvgIpc) is 3.58. The molecule has 9 nitrogen and oxygen atoms in total. The fraction of sp³-hybridized carbons (Fsp3) is 0.185. The lowest BCUT2D eigenvalue weighted by Gasteiger charge is -2.12. The molecule has 4 heterocycles. The zero-order valence-corrected chi connectivity index (χ0v) is 20.4. The van der Waals surface area contributed by atoms with E-state index in [1.54, 1.807) is 23.3 Å². The second-order valence-corrected chi connectivity index (χ2v) is 8.89. The predicted molar refractivity (Wildman–Crippen MR) is 137 cm³/mol. The summed E-state index contributed by atoms with van der Waals surface area (Å²) >= 11 is 0. The molecule has 0 unspecified atom stereocenters. The Bertz CT molecular complexity index is 1610. The van der Waals surface area contributed by atoms with Crippen LogP contribution in [0.1, 0.15) is 22.3 Å². The van der Waals surface area contributed by atoms with Gasteiger partial charge in [0.15, 0.2) is 28.5 Å². The van der Waals surface area contributed by atoms with Crippen LogP contribution in [0.4, 0.5) is 24.9 Å². The van der Waals surface area contributed by atoms with Gasteiger partial charge in [-0.05, 0) is 47.0 Å². The van der Waals surface area contributed by atoms with E-state index < -0.39 is 11.7 Å². The maximum Gasteiger partial charge on any atom is 0.416 e. The van der Waals surface area contributed by atoms with E-state index in [-0.39, 0.29) is 13.3 Å². The minimum Gasteiger partial charge on any atom is -0.454 e. The molecule has 0 atom stereocenters. The van der Waals surface area contributed by atoms with Gasteiger partial charge in [0.1, 0.15) is 0 Å². The summed E-state index contributed by atoms with van der Waals surface area (Å²) in [5.74, 6) is 2.26. The van der Waals surface area contributed by atoms with E-state index in [9.17, 15) is 13.2 Å². The molecule has 0 bridgehead atoms. The molecule has 0 spiro atoms. The maximum absolute atomic E-state index is 13.0. The van der Waals surface area contributed by atoms with Crippen LogP contribution in [-0.4, -0.2) is 31.3 Å². The molecule has 6 rings (SSSR count). The quantitative estimate of drug-likeness (QED) is 0.279. The Hall–Kier alpha value is -4.87. The van der Waals surface area contributed by atoms with E-state index in [2.05, 4.69) is 30.6 Å². The molecule has 5 aromatic rings. The molecule has 198 valence electrons. The summed E-state index contributed by atoms with van der Waals surface area (Å²) in [4.78, 5) is 18.0. The number of anilines is 2. The second kappa shape index (κ2) is 10.1. The average molecular weight is 534 g/mol. The van der Waals surface area contributed by atoms with Crippen molar-refractivity contribution in [1.82, 2.24) is 24.5 Å². The number of alkyl halides is 3. The highest BCUT2D eigenvalue weighted by Crippen LogP contribution is 2.33. The monoisotopic (exact) mass is 533 g/mol. The Kier molecular flexibility index (Phi) is 6.35. The lowest BCUT2D eigenvalue weighted by atomic mass is 10.1. The standard InChI is InChI=1S/C27H22F3N7O2/c28-27(29,30)20-6-3-17(4-7-20)14-37-15-34-23-24(32-13-19-2-1-9-31-11-19)35-26(36-25(23)37)33-12-18-5-8-21-22(10-18)39-16-38-21/h1-11,15H,12-14,16H2,(H2,32,33,35,36). The maximum atomic E-state index is 13.0. The number of halogens is 3. The minimum absolute atomic E-state index is 0.195. The Labute approximate surface area is 220 Å². The number of rotatable bonds is 8. The number of pyridine rings is 1. The number of benzene rings is 2. The third kappa shape index (κ3) is 5.40. The lowest BCUT2D eigenvalue weighted by Crippen LogP contribution is -2.09. The molecule has 39 heavy (non-hydrogen) atoms. The number of ether oxygens (including phenoxy) is 2. The SMILES string of the molecule is FC(F)(F)c1ccc(Cn2cnc3c(NCc4cccnc4)nc(NCc4ccc5c(c4)OCO5)nc32)cc1. The van der Waals surface area contributed by atoms with Crippen LogP contribution in [0.2, 0.25) is 0 Å². The van der Waals surface area contributed by atoms with Crippen molar-refractivity contribution >= 4 is 22.9 Å². The second-order valence-electron chi connectivity index (χ2n) is 8.89. The van der Waals surface area contributed by atoms with Crippen molar-refractivity contribution in [2.75, 3.05) is 17.4 Å². The van der Waals surface area contributed by atoms with Crippen LogP contribution < -0.4 is 20.1 Å². The summed E-state index contributed by atoms with van der Waals surface area (Å²) in [6.45, 7) is 1.38. The van der Waals surface area contributed by atoms with Crippen LogP contribution in [0.5, 0.6) is 11.5 Å². The van der Waals surface area contributed by atoms with Gasteiger partial charge in [-0.25, -0.2) is 4.98 Å². The van der Waals surface area contributed by atoms with Crippen LogP contribution in [0, 0.1) is 0 Å². The molecule has 1 aliphatic heterocycles. The molecule has 0 aliphatic carbocycles. The molecule has 2 aromatic carbocycles. The molecule has 1 aliphatic rings. The van der Waals surface area contributed by atoms with Gasteiger partial charge in [-0.2, -0.15) is 23.1 Å². The van der Waals surface area contributed by atoms with E-state index in [4.69, 9.17) is 9.47 Å². The zero-order chi connectivity index (χ0) is 26.8. The normalized spacial score (nSPS) is 12.6. The summed E-state index contributed by atoms with van der Waals surface area (Å²) in [6.07, 6.45) is 0.676. The van der Waals surface area contributed by atoms with Gasteiger partial charge in [-0.15, -0.1) is 0 Å². The van der Waals surface area contributed by atoms with Crippen molar-refractivity contribution in [2.24, 2.45) is 0 Å². The molecule has 0 fully saturated rings. The Morgan fingerprint density at radius 2 is 1.67 bits per heavy atom. The van der Waals surface area contributed by atoms with Gasteiger partial charge in [0.05, 0.1) is 18.4 Å². The van der Waals surface area contributed by atoms with Gasteiger partial charge in [-0.3, -0.25) is 4.98 Å². The topological polar surface area (TPSA) is 99.0 Å². The summed E-state index contributed by atoms with van der Waals surface area (Å²) in [6, 6.07) is 14.5. The van der Waals surface area contributed by atoms with Crippen molar-refractivity contribution in [3.05, 3.63) is 95.6 Å². The van der Waals surface area contributed by atoms with Crippen molar-refractivity contribution in [2.45, 2.75) is 25.8 Å². The van der Waals surface area contributed by atoms with Gasteiger partial charge in [0, 0.05) is 25.5 Å². The molecular weight excluding hydrogens is 511 g/mol. The van der Waals surface area contributed by atoms with Crippen LogP contribution in [0.25, 0.3) is 11.2 Å². The molecule has 0 saturated heterocycles. The number of hydrogen-bond acceptors (Lipinski definition) is 8. The van der Waals surface area contributed by atoms with Crippen molar-refractivity contribution in [1.29, 1.82) is 0 Å². The predicted octanol–water partition coefficient (Wildman–Crippen LogP) is 5.24. The first-order chi connectivity index (χ1) is 18.9. The number of fused-ring (bicyclic) bond motifs is 2. The Morgan fingerprint density at radius 3 is 2.46 bits per heavy atom. The van der Waals surface area contributed by atoms with Crippen LogP contribution in [0.15, 0.2) is 73.3 Å². The first kappa shape index (κ1) is 24.5. The Balaban J connectivity index is 1.28. The fourth-order valence-electron chi connectivity index (χ4n) is 4.18. The zero-order valence-electron chi connectivity index (χ0n) is 20.4. The highest BCUT2D eigenvalue weighted by molar-refractivity contribution is 5.84. The van der Waals surface area contributed by atoms with Crippen LogP contribution >= 0.6 is 0 Å². The van der Waals surface area contributed by atoms with Crippen LogP contribution in [-0.2, 0) is 25.8 Å². The van der Waals surface area contributed by atoms with E-state index in [1.807, 2.05) is 30.3 Å². The van der Waals surface area contributed by atoms with E-state index in [0.29, 0.717) is 53.1 Å². The van der Waals surface area contributed by atoms with Gasteiger partial charge >= 0.3 is 6.18 Å². The van der Waals surface area contributed by atoms with Crippen molar-refractivity contribution in [3.63, 3.8) is 0 Å². The molecule has 0 radical (unpaired) electrons. The van der Waals surface area contributed by atoms with Crippen LogP contribution in [0.3, 0.4) is 0 Å². The number of nitrogens with one attached hydrogen (secondary N) is 2. The highest BCUT2D eigenvalue weighted by Gasteiger charge is 2.30. The third-order valence-corrected chi connectivity index (χ3v) is 6.17. The molecule has 0 amide bonds. The number of aromatic nitrogens is 5. The van der Waals surface area contributed by atoms with Gasteiger partial charge < -0.3 is 24.7 Å². The molecular formula is C27H22F3N7O2. The smallest absolute Gasteiger partial charge is 0.416 e. The summed E-state index contributed by atoms with van der Waals surface area (Å²) < 4.78 is 51.6. The molecule has 0 saturated carbocycles. The first-order valence-electron chi connectivity index (χ1n) is 12.1. The number of imidazole rings is 1. The summed E-state index contributed by atoms with van der Waals surface area (Å²) in [5, 5.41) is 6.56. The minimum atomic E-state index is -4.39. The summed E-state index contributed by atoms with van der Waals surface area (Å²) in [7, 11) is 0. The van der Waals surface area contributed by atoms with E-state index in [1.165, 1.54) is 12.1 Å². The number of hydrogen-bond donors (Lipinski definition) is 2. The van der Waals surface area contributed by atoms with Crippen molar-refractivity contribution in [3.8, 4) is 11.5 Å². The summed E-state index contributed by atoms with van der Waals surface area (Å²) in [5.41, 5.74) is 2.97.